The molecule has 2 N–H and O–H groups in total. The van der Waals surface area contributed by atoms with Gasteiger partial charge in [-0.05, 0) is 43.3 Å². The Morgan fingerprint density at radius 1 is 1.24 bits per heavy atom. The Morgan fingerprint density at radius 3 is 2.48 bits per heavy atom. The summed E-state index contributed by atoms with van der Waals surface area (Å²) < 4.78 is 19.5. The van der Waals surface area contributed by atoms with Crippen LogP contribution in [0.2, 0.25) is 5.02 Å². The van der Waals surface area contributed by atoms with Crippen LogP contribution < -0.4 is 10.1 Å². The molecule has 0 aliphatic heterocycles. The fraction of sp³-hybridized carbons (Fsp3) is 0.250. The van der Waals surface area contributed by atoms with E-state index in [0.717, 1.165) is 5.69 Å². The topological polar surface area (TPSA) is 41.5 Å². The van der Waals surface area contributed by atoms with Crippen molar-refractivity contribution in [3.05, 3.63) is 58.9 Å². The first kappa shape index (κ1) is 15.6. The van der Waals surface area contributed by atoms with Crippen molar-refractivity contribution in [3.8, 4) is 5.75 Å². The van der Waals surface area contributed by atoms with Crippen LogP contribution in [0.5, 0.6) is 5.75 Å². The highest BCUT2D eigenvalue weighted by atomic mass is 35.5. The number of nitrogens with one attached hydrogen (secondary N) is 1. The van der Waals surface area contributed by atoms with Gasteiger partial charge < -0.3 is 15.2 Å². The SMILES string of the molecule is COc1cccc(F)c1C(C)(CO)Nc1ccc(Cl)cc1. The minimum absolute atomic E-state index is 0.282. The van der Waals surface area contributed by atoms with Gasteiger partial charge in [-0.25, -0.2) is 4.39 Å². The molecule has 0 bridgehead atoms. The van der Waals surface area contributed by atoms with E-state index in [1.807, 2.05) is 0 Å². The minimum atomic E-state index is -1.02. The van der Waals surface area contributed by atoms with E-state index in [9.17, 15) is 9.50 Å². The lowest BCUT2D eigenvalue weighted by molar-refractivity contribution is 0.216. The number of aliphatic hydroxyl groups excluding tert-OH is 1. The lowest BCUT2D eigenvalue weighted by Gasteiger charge is -2.32. The minimum Gasteiger partial charge on any atom is -0.496 e. The quantitative estimate of drug-likeness (QED) is 0.882. The van der Waals surface area contributed by atoms with E-state index in [-0.39, 0.29) is 12.2 Å². The summed E-state index contributed by atoms with van der Waals surface area (Å²) in [4.78, 5) is 0. The molecule has 1 unspecified atom stereocenters. The van der Waals surface area contributed by atoms with Crippen LogP contribution in [-0.2, 0) is 5.54 Å². The number of hydrogen-bond donors (Lipinski definition) is 2. The molecule has 2 aromatic carbocycles. The molecule has 0 saturated carbocycles. The van der Waals surface area contributed by atoms with E-state index < -0.39 is 11.4 Å². The van der Waals surface area contributed by atoms with Gasteiger partial charge in [0.25, 0.3) is 0 Å². The van der Waals surface area contributed by atoms with E-state index in [0.29, 0.717) is 10.8 Å². The molecule has 0 radical (unpaired) electrons. The Bertz CT molecular complexity index is 618. The zero-order chi connectivity index (χ0) is 15.5. The maximum Gasteiger partial charge on any atom is 0.132 e. The van der Waals surface area contributed by atoms with Gasteiger partial charge in [0.2, 0.25) is 0 Å². The number of rotatable bonds is 5. The summed E-state index contributed by atoms with van der Waals surface area (Å²) in [6, 6.07) is 11.6. The molecule has 0 fully saturated rings. The number of ether oxygens (including phenoxy) is 1. The second-order valence-corrected chi connectivity index (χ2v) is 5.38. The largest absolute Gasteiger partial charge is 0.496 e. The van der Waals surface area contributed by atoms with Crippen molar-refractivity contribution < 1.29 is 14.2 Å². The zero-order valence-electron chi connectivity index (χ0n) is 11.9. The predicted molar refractivity (Wildman–Crippen MR) is 82.5 cm³/mol. The molecule has 0 amide bonds. The highest BCUT2D eigenvalue weighted by molar-refractivity contribution is 6.30. The van der Waals surface area contributed by atoms with Crippen LogP contribution in [0.4, 0.5) is 10.1 Å². The summed E-state index contributed by atoms with van der Waals surface area (Å²) in [6.45, 7) is 1.41. The van der Waals surface area contributed by atoms with Crippen molar-refractivity contribution in [2.75, 3.05) is 19.0 Å². The highest BCUT2D eigenvalue weighted by Crippen LogP contribution is 2.35. The molecule has 0 aromatic heterocycles. The molecule has 0 saturated heterocycles. The van der Waals surface area contributed by atoms with Gasteiger partial charge in [0.15, 0.2) is 0 Å². The Balaban J connectivity index is 2.43. The number of benzene rings is 2. The molecule has 0 aliphatic carbocycles. The van der Waals surface area contributed by atoms with Gasteiger partial charge in [-0.15, -0.1) is 0 Å². The zero-order valence-corrected chi connectivity index (χ0v) is 12.6. The second-order valence-electron chi connectivity index (χ2n) is 4.94. The van der Waals surface area contributed by atoms with E-state index in [2.05, 4.69) is 5.32 Å². The van der Waals surface area contributed by atoms with E-state index in [1.54, 1.807) is 43.3 Å². The summed E-state index contributed by atoms with van der Waals surface area (Å²) in [6.07, 6.45) is 0. The van der Waals surface area contributed by atoms with Crippen LogP contribution in [-0.4, -0.2) is 18.8 Å². The van der Waals surface area contributed by atoms with Crippen LogP contribution in [0.25, 0.3) is 0 Å². The molecule has 0 spiro atoms. The van der Waals surface area contributed by atoms with Gasteiger partial charge in [0.1, 0.15) is 11.6 Å². The van der Waals surface area contributed by atoms with Crippen molar-refractivity contribution in [2.45, 2.75) is 12.5 Å². The van der Waals surface area contributed by atoms with Gasteiger partial charge in [-0.3, -0.25) is 0 Å². The Hall–Kier alpha value is -1.78. The summed E-state index contributed by atoms with van der Waals surface area (Å²) in [5, 5.41) is 13.5. The van der Waals surface area contributed by atoms with Gasteiger partial charge in [-0.2, -0.15) is 0 Å². The molecule has 3 nitrogen and oxygen atoms in total. The monoisotopic (exact) mass is 309 g/mol. The first-order valence-corrected chi connectivity index (χ1v) is 6.85. The van der Waals surface area contributed by atoms with Crippen molar-refractivity contribution in [1.82, 2.24) is 0 Å². The first-order chi connectivity index (χ1) is 10.00. The molecule has 21 heavy (non-hydrogen) atoms. The third-order valence-electron chi connectivity index (χ3n) is 3.33. The summed E-state index contributed by atoms with van der Waals surface area (Å²) in [7, 11) is 1.47. The molecule has 2 aromatic rings. The van der Waals surface area contributed by atoms with Crippen LogP contribution in [0, 0.1) is 5.82 Å². The third-order valence-corrected chi connectivity index (χ3v) is 3.58. The Labute approximate surface area is 128 Å². The van der Waals surface area contributed by atoms with Gasteiger partial charge in [-0.1, -0.05) is 17.7 Å². The number of anilines is 1. The van der Waals surface area contributed by atoms with E-state index in [1.165, 1.54) is 13.2 Å². The van der Waals surface area contributed by atoms with Crippen LogP contribution in [0.3, 0.4) is 0 Å². The lowest BCUT2D eigenvalue weighted by Crippen LogP contribution is -2.37. The van der Waals surface area contributed by atoms with Crippen molar-refractivity contribution in [2.24, 2.45) is 0 Å². The highest BCUT2D eigenvalue weighted by Gasteiger charge is 2.32. The maximum absolute atomic E-state index is 14.2. The van der Waals surface area contributed by atoms with Gasteiger partial charge >= 0.3 is 0 Å². The molecular formula is C16H17ClFNO2. The smallest absolute Gasteiger partial charge is 0.132 e. The average molecular weight is 310 g/mol. The third kappa shape index (κ3) is 3.28. The molecular weight excluding hydrogens is 293 g/mol. The van der Waals surface area contributed by atoms with Crippen molar-refractivity contribution in [1.29, 1.82) is 0 Å². The van der Waals surface area contributed by atoms with Crippen molar-refractivity contribution >= 4 is 17.3 Å². The molecule has 0 aliphatic rings. The molecule has 112 valence electrons. The van der Waals surface area contributed by atoms with Crippen molar-refractivity contribution in [3.63, 3.8) is 0 Å². The van der Waals surface area contributed by atoms with Crippen LogP contribution >= 0.6 is 11.6 Å². The van der Waals surface area contributed by atoms with Gasteiger partial charge in [0, 0.05) is 10.7 Å². The molecule has 2 rings (SSSR count). The average Bonchev–Trinajstić information content (AvgIpc) is 2.49. The predicted octanol–water partition coefficient (Wildman–Crippen LogP) is 3.81. The van der Waals surface area contributed by atoms with Crippen LogP contribution in [0.15, 0.2) is 42.5 Å². The fourth-order valence-electron chi connectivity index (χ4n) is 2.24. The summed E-state index contributed by atoms with van der Waals surface area (Å²) >= 11 is 5.85. The summed E-state index contributed by atoms with van der Waals surface area (Å²) in [5.41, 5.74) is -0.0176. The molecule has 1 atom stereocenters. The summed E-state index contributed by atoms with van der Waals surface area (Å²) in [5.74, 6) is -0.0552. The normalized spacial score (nSPS) is 13.6. The fourth-order valence-corrected chi connectivity index (χ4v) is 2.37. The second kappa shape index (κ2) is 6.33. The standard InChI is InChI=1S/C16H17ClFNO2/c1-16(10-20,19-12-8-6-11(17)7-9-12)15-13(18)4-3-5-14(15)21-2/h3-9,19-20H,10H2,1-2H3. The van der Waals surface area contributed by atoms with Gasteiger partial charge in [0.05, 0.1) is 24.8 Å². The van der Waals surface area contributed by atoms with E-state index >= 15 is 0 Å². The number of aliphatic hydroxyl groups is 1. The van der Waals surface area contributed by atoms with Crippen LogP contribution in [0.1, 0.15) is 12.5 Å². The maximum atomic E-state index is 14.2. The first-order valence-electron chi connectivity index (χ1n) is 6.48. The molecule has 0 heterocycles. The number of hydrogen-bond acceptors (Lipinski definition) is 3. The molecule has 5 heteroatoms. The number of methoxy groups -OCH3 is 1. The van der Waals surface area contributed by atoms with E-state index in [4.69, 9.17) is 16.3 Å². The lowest BCUT2D eigenvalue weighted by atomic mass is 9.91. The number of halogens is 2. The Kier molecular flexibility index (Phi) is 4.70. The Morgan fingerprint density at radius 2 is 1.90 bits per heavy atom.